The number of amides is 1. The lowest BCUT2D eigenvalue weighted by molar-refractivity contribution is -0.138. The van der Waals surface area contributed by atoms with Gasteiger partial charge in [-0.1, -0.05) is 23.4 Å². The van der Waals surface area contributed by atoms with Crippen LogP contribution < -0.4 is 4.74 Å². The Balaban J connectivity index is 1.44. The number of hydrogen-bond donors (Lipinski definition) is 1. The molecule has 0 spiro atoms. The highest BCUT2D eigenvalue weighted by Gasteiger charge is 2.33. The van der Waals surface area contributed by atoms with Gasteiger partial charge in [-0.2, -0.15) is 0 Å². The first-order valence-electron chi connectivity index (χ1n) is 8.76. The number of carbonyl (C=O) groups excluding carboxylic acids is 1. The number of benzene rings is 1. The van der Waals surface area contributed by atoms with Gasteiger partial charge in [-0.15, -0.1) is 5.10 Å². The number of fused-ring (bicyclic) bond motifs is 1. The molecule has 0 radical (unpaired) electrons. The average molecular weight is 356 g/mol. The van der Waals surface area contributed by atoms with Crippen molar-refractivity contribution in [2.75, 3.05) is 19.7 Å². The predicted molar refractivity (Wildman–Crippen MR) is 91.0 cm³/mol. The molecule has 2 atom stereocenters. The van der Waals surface area contributed by atoms with Crippen molar-refractivity contribution in [3.05, 3.63) is 41.7 Å². The highest BCUT2D eigenvalue weighted by molar-refractivity contribution is 5.84. The summed E-state index contributed by atoms with van der Waals surface area (Å²) in [5, 5.41) is 16.6. The molecule has 0 aliphatic carbocycles. The number of piperidine rings is 1. The number of rotatable bonds is 3. The normalized spacial score (nSPS) is 22.4. The number of para-hydroxylation sites is 1. The van der Waals surface area contributed by atoms with Crippen LogP contribution in [0.4, 0.5) is 0 Å². The minimum Gasteiger partial charge on any atom is -0.492 e. The predicted octanol–water partition coefficient (Wildman–Crippen LogP) is 1.39. The minimum atomic E-state index is -1.10. The van der Waals surface area contributed by atoms with E-state index in [0.717, 1.165) is 24.2 Å². The molecule has 0 saturated carbocycles. The van der Waals surface area contributed by atoms with E-state index in [0.29, 0.717) is 26.1 Å². The van der Waals surface area contributed by atoms with E-state index in [1.165, 1.54) is 6.20 Å². The first-order valence-corrected chi connectivity index (χ1v) is 8.76. The molecule has 8 heteroatoms. The van der Waals surface area contributed by atoms with Crippen molar-refractivity contribution in [2.24, 2.45) is 5.92 Å². The molecule has 2 aliphatic heterocycles. The fourth-order valence-corrected chi connectivity index (χ4v) is 3.67. The molecule has 8 nitrogen and oxygen atoms in total. The lowest BCUT2D eigenvalue weighted by Crippen LogP contribution is -2.46. The zero-order valence-corrected chi connectivity index (χ0v) is 14.2. The molecule has 1 aromatic carbocycles. The lowest BCUT2D eigenvalue weighted by atomic mass is 9.94. The Morgan fingerprint density at radius 2 is 2.12 bits per heavy atom. The summed E-state index contributed by atoms with van der Waals surface area (Å²) < 4.78 is 7.31. The van der Waals surface area contributed by atoms with Crippen molar-refractivity contribution in [2.45, 2.75) is 25.3 Å². The molecule has 26 heavy (non-hydrogen) atoms. The largest absolute Gasteiger partial charge is 0.492 e. The number of aromatic carboxylic acids is 1. The van der Waals surface area contributed by atoms with Gasteiger partial charge >= 0.3 is 5.97 Å². The molecule has 2 aliphatic rings. The van der Waals surface area contributed by atoms with Crippen molar-refractivity contribution >= 4 is 11.9 Å². The number of nitrogens with zero attached hydrogens (tertiary/aromatic N) is 4. The maximum Gasteiger partial charge on any atom is 0.358 e. The quantitative estimate of drug-likeness (QED) is 0.893. The monoisotopic (exact) mass is 356 g/mol. The Hall–Kier alpha value is -2.90. The van der Waals surface area contributed by atoms with Crippen LogP contribution in [0.15, 0.2) is 30.5 Å². The van der Waals surface area contributed by atoms with Crippen LogP contribution in [0.5, 0.6) is 5.75 Å². The molecule has 1 amide bonds. The van der Waals surface area contributed by atoms with E-state index in [1.807, 2.05) is 29.2 Å². The van der Waals surface area contributed by atoms with Crippen LogP contribution in [-0.2, 0) is 11.2 Å². The summed E-state index contributed by atoms with van der Waals surface area (Å²) in [6, 6.07) is 7.76. The van der Waals surface area contributed by atoms with Gasteiger partial charge in [-0.3, -0.25) is 4.79 Å². The van der Waals surface area contributed by atoms with Gasteiger partial charge in [0.15, 0.2) is 5.69 Å². The maximum atomic E-state index is 13.0. The van der Waals surface area contributed by atoms with Gasteiger partial charge in [0.2, 0.25) is 5.91 Å². The smallest absolute Gasteiger partial charge is 0.358 e. The first-order chi connectivity index (χ1) is 12.6. The second-order valence-corrected chi connectivity index (χ2v) is 6.79. The van der Waals surface area contributed by atoms with E-state index in [2.05, 4.69) is 10.3 Å². The second kappa shape index (κ2) is 6.78. The number of carboxylic acid groups (broad SMARTS) is 1. The molecule has 2 unspecified atom stereocenters. The molecule has 2 aromatic rings. The Morgan fingerprint density at radius 3 is 2.92 bits per heavy atom. The summed E-state index contributed by atoms with van der Waals surface area (Å²) in [5.41, 5.74) is 0.985. The minimum absolute atomic E-state index is 0.0508. The third-order valence-electron chi connectivity index (χ3n) is 5.04. The van der Waals surface area contributed by atoms with E-state index >= 15 is 0 Å². The Morgan fingerprint density at radius 1 is 1.27 bits per heavy atom. The Bertz CT molecular complexity index is 834. The molecular weight excluding hydrogens is 336 g/mol. The zero-order chi connectivity index (χ0) is 18.1. The van der Waals surface area contributed by atoms with E-state index in [-0.39, 0.29) is 23.6 Å². The topological polar surface area (TPSA) is 97.5 Å². The fourth-order valence-electron chi connectivity index (χ4n) is 3.67. The van der Waals surface area contributed by atoms with Crippen LogP contribution in [0.1, 0.15) is 34.9 Å². The van der Waals surface area contributed by atoms with Crippen molar-refractivity contribution in [1.82, 2.24) is 19.9 Å². The van der Waals surface area contributed by atoms with Crippen molar-refractivity contribution in [3.8, 4) is 5.75 Å². The zero-order valence-electron chi connectivity index (χ0n) is 14.2. The number of carboxylic acids is 1. The first kappa shape index (κ1) is 16.6. The van der Waals surface area contributed by atoms with E-state index in [4.69, 9.17) is 9.84 Å². The van der Waals surface area contributed by atoms with Crippen LogP contribution >= 0.6 is 0 Å². The Kier molecular flexibility index (Phi) is 4.32. The fraction of sp³-hybridized carbons (Fsp3) is 0.444. The molecule has 136 valence electrons. The molecular formula is C18H20N4O4. The maximum absolute atomic E-state index is 13.0. The van der Waals surface area contributed by atoms with Crippen LogP contribution in [0.2, 0.25) is 0 Å². The molecule has 4 rings (SSSR count). The van der Waals surface area contributed by atoms with Gasteiger partial charge in [0, 0.05) is 13.1 Å². The highest BCUT2D eigenvalue weighted by atomic mass is 16.5. The molecule has 1 fully saturated rings. The van der Waals surface area contributed by atoms with Crippen LogP contribution in [0.3, 0.4) is 0 Å². The number of carbonyl (C=O) groups is 2. The van der Waals surface area contributed by atoms with E-state index < -0.39 is 5.97 Å². The Labute approximate surface area is 150 Å². The van der Waals surface area contributed by atoms with E-state index in [9.17, 15) is 9.59 Å². The molecule has 1 N–H and O–H groups in total. The third kappa shape index (κ3) is 3.14. The number of hydrogen-bond acceptors (Lipinski definition) is 5. The summed E-state index contributed by atoms with van der Waals surface area (Å²) in [4.78, 5) is 25.8. The van der Waals surface area contributed by atoms with E-state index in [1.54, 1.807) is 4.68 Å². The van der Waals surface area contributed by atoms with Crippen LogP contribution in [-0.4, -0.2) is 56.6 Å². The number of aromatic nitrogens is 3. The van der Waals surface area contributed by atoms with Gasteiger partial charge in [0.05, 0.1) is 18.2 Å². The van der Waals surface area contributed by atoms with Crippen LogP contribution in [0.25, 0.3) is 0 Å². The van der Waals surface area contributed by atoms with Crippen molar-refractivity contribution in [3.63, 3.8) is 0 Å². The summed E-state index contributed by atoms with van der Waals surface area (Å²) in [6.45, 7) is 1.61. The highest BCUT2D eigenvalue weighted by Crippen LogP contribution is 2.29. The summed E-state index contributed by atoms with van der Waals surface area (Å²) in [7, 11) is 0. The van der Waals surface area contributed by atoms with Gasteiger partial charge in [0.25, 0.3) is 0 Å². The second-order valence-electron chi connectivity index (χ2n) is 6.79. The molecule has 0 bridgehead atoms. The van der Waals surface area contributed by atoms with Crippen molar-refractivity contribution in [1.29, 1.82) is 0 Å². The summed E-state index contributed by atoms with van der Waals surface area (Å²) >= 11 is 0. The SMILES string of the molecule is O=C(O)c1cn(C2CCCN(C(=O)C3COc4ccccc4C3)C2)nn1. The van der Waals surface area contributed by atoms with Gasteiger partial charge < -0.3 is 14.7 Å². The average Bonchev–Trinajstić information content (AvgIpc) is 3.18. The summed E-state index contributed by atoms with van der Waals surface area (Å²) in [5.74, 6) is -0.341. The number of likely N-dealkylation sites (tertiary alicyclic amines) is 1. The van der Waals surface area contributed by atoms with Crippen LogP contribution in [0, 0.1) is 5.92 Å². The number of ether oxygens (including phenoxy) is 1. The molecule has 1 saturated heterocycles. The standard InChI is InChI=1S/C18H20N4O4/c23-17(13-8-12-4-1-2-6-16(12)26-11-13)21-7-3-5-14(9-21)22-10-15(18(24)25)19-20-22/h1-2,4,6,10,13-14H,3,5,7-9,11H2,(H,24,25). The lowest BCUT2D eigenvalue weighted by Gasteiger charge is -2.36. The van der Waals surface area contributed by atoms with Gasteiger partial charge in [-0.25, -0.2) is 9.48 Å². The molecule has 3 heterocycles. The summed E-state index contributed by atoms with van der Waals surface area (Å²) in [6.07, 6.45) is 3.81. The van der Waals surface area contributed by atoms with Gasteiger partial charge in [0.1, 0.15) is 12.4 Å². The van der Waals surface area contributed by atoms with Crippen molar-refractivity contribution < 1.29 is 19.4 Å². The van der Waals surface area contributed by atoms with Gasteiger partial charge in [-0.05, 0) is 30.9 Å². The molecule has 1 aromatic heterocycles. The third-order valence-corrected chi connectivity index (χ3v) is 5.04.